The largest absolute Gasteiger partial charge is 0.492 e. The standard InChI is InChI=1S/C21H20Cl2FN3OS/c1-2-10-27-20(7-4-11-28-19-9-8-16(22)13-18(19)23)25-26-21(27)29-14-15-5-3-6-17(24)12-15/h2-3,5-6,8-9,12-13H,1,4,7,10-11,14H2. The van der Waals surface area contributed by atoms with Gasteiger partial charge in [-0.3, -0.25) is 0 Å². The number of thioether (sulfide) groups is 1. The highest BCUT2D eigenvalue weighted by molar-refractivity contribution is 7.98. The van der Waals surface area contributed by atoms with Crippen LogP contribution in [0.2, 0.25) is 10.0 Å². The number of benzene rings is 2. The summed E-state index contributed by atoms with van der Waals surface area (Å²) in [6.45, 7) is 4.92. The maximum atomic E-state index is 13.4. The molecule has 152 valence electrons. The number of aromatic nitrogens is 3. The van der Waals surface area contributed by atoms with Crippen LogP contribution in [0.1, 0.15) is 17.8 Å². The molecule has 3 rings (SSSR count). The molecule has 0 amide bonds. The summed E-state index contributed by atoms with van der Waals surface area (Å²) in [4.78, 5) is 0. The Morgan fingerprint density at radius 1 is 1.17 bits per heavy atom. The molecular formula is C21H20Cl2FN3OS. The first-order valence-electron chi connectivity index (χ1n) is 9.05. The molecule has 1 heterocycles. The van der Waals surface area contributed by atoms with Crippen molar-refractivity contribution >= 4 is 35.0 Å². The highest BCUT2D eigenvalue weighted by Gasteiger charge is 2.12. The summed E-state index contributed by atoms with van der Waals surface area (Å²) in [5.74, 6) is 1.84. The zero-order valence-corrected chi connectivity index (χ0v) is 18.0. The van der Waals surface area contributed by atoms with Crippen LogP contribution in [0.25, 0.3) is 0 Å². The second-order valence-electron chi connectivity index (χ2n) is 6.24. The van der Waals surface area contributed by atoms with Gasteiger partial charge in [0.1, 0.15) is 17.4 Å². The fourth-order valence-electron chi connectivity index (χ4n) is 2.70. The molecule has 4 nitrogen and oxygen atoms in total. The maximum absolute atomic E-state index is 13.4. The normalized spacial score (nSPS) is 10.9. The van der Waals surface area contributed by atoms with Gasteiger partial charge in [0, 0.05) is 23.7 Å². The molecule has 0 aliphatic heterocycles. The molecule has 0 spiro atoms. The summed E-state index contributed by atoms with van der Waals surface area (Å²) in [5.41, 5.74) is 0.901. The molecule has 0 unspecified atom stereocenters. The van der Waals surface area contributed by atoms with Crippen molar-refractivity contribution < 1.29 is 9.13 Å². The van der Waals surface area contributed by atoms with E-state index in [9.17, 15) is 4.39 Å². The van der Waals surface area contributed by atoms with Crippen molar-refractivity contribution in [1.82, 2.24) is 14.8 Å². The number of nitrogens with zero attached hydrogens (tertiary/aromatic N) is 3. The van der Waals surface area contributed by atoms with E-state index in [0.29, 0.717) is 41.1 Å². The van der Waals surface area contributed by atoms with Crippen LogP contribution >= 0.6 is 35.0 Å². The molecule has 0 aliphatic rings. The summed E-state index contributed by atoms with van der Waals surface area (Å²) in [6.07, 6.45) is 3.26. The van der Waals surface area contributed by atoms with Crippen LogP contribution < -0.4 is 4.74 Å². The van der Waals surface area contributed by atoms with Gasteiger partial charge in [0.25, 0.3) is 0 Å². The SMILES string of the molecule is C=CCn1c(CCCOc2ccc(Cl)cc2Cl)nnc1SCc1cccc(F)c1. The zero-order valence-electron chi connectivity index (χ0n) is 15.7. The van der Waals surface area contributed by atoms with Gasteiger partial charge < -0.3 is 9.30 Å². The molecule has 0 bridgehead atoms. The lowest BCUT2D eigenvalue weighted by Crippen LogP contribution is -2.07. The number of hydrogen-bond donors (Lipinski definition) is 0. The second kappa shape index (κ2) is 10.7. The minimum Gasteiger partial charge on any atom is -0.492 e. The third kappa shape index (κ3) is 6.23. The number of hydrogen-bond acceptors (Lipinski definition) is 4. The molecular weight excluding hydrogens is 432 g/mol. The van der Waals surface area contributed by atoms with Crippen molar-refractivity contribution in [2.75, 3.05) is 6.61 Å². The van der Waals surface area contributed by atoms with Gasteiger partial charge >= 0.3 is 0 Å². The predicted molar refractivity (Wildman–Crippen MR) is 116 cm³/mol. The van der Waals surface area contributed by atoms with Gasteiger partial charge in [0.2, 0.25) is 0 Å². The Balaban J connectivity index is 1.57. The van der Waals surface area contributed by atoms with Gasteiger partial charge in [-0.05, 0) is 42.3 Å². The monoisotopic (exact) mass is 451 g/mol. The average molecular weight is 452 g/mol. The van der Waals surface area contributed by atoms with Gasteiger partial charge in [0.15, 0.2) is 5.16 Å². The molecule has 0 fully saturated rings. The smallest absolute Gasteiger partial charge is 0.191 e. The Kier molecular flexibility index (Phi) is 7.98. The Morgan fingerprint density at radius 2 is 2.03 bits per heavy atom. The molecule has 2 aromatic carbocycles. The summed E-state index contributed by atoms with van der Waals surface area (Å²) in [7, 11) is 0. The van der Waals surface area contributed by atoms with Crippen molar-refractivity contribution in [2.24, 2.45) is 0 Å². The van der Waals surface area contributed by atoms with Gasteiger partial charge in [-0.1, -0.05) is 53.2 Å². The van der Waals surface area contributed by atoms with Gasteiger partial charge in [-0.2, -0.15) is 0 Å². The van der Waals surface area contributed by atoms with Crippen molar-refractivity contribution in [1.29, 1.82) is 0 Å². The minimum atomic E-state index is -0.239. The zero-order chi connectivity index (χ0) is 20.6. The first kappa shape index (κ1) is 21.7. The highest BCUT2D eigenvalue weighted by Crippen LogP contribution is 2.28. The van der Waals surface area contributed by atoms with Crippen LogP contribution in [0.15, 0.2) is 60.3 Å². The number of halogens is 3. The van der Waals surface area contributed by atoms with E-state index >= 15 is 0 Å². The lowest BCUT2D eigenvalue weighted by atomic mass is 10.2. The van der Waals surface area contributed by atoms with E-state index in [1.54, 1.807) is 24.3 Å². The van der Waals surface area contributed by atoms with Crippen molar-refractivity contribution in [3.8, 4) is 5.75 Å². The van der Waals surface area contributed by atoms with Crippen LogP contribution in [0.5, 0.6) is 5.75 Å². The van der Waals surface area contributed by atoms with Gasteiger partial charge in [0.05, 0.1) is 11.6 Å². The van der Waals surface area contributed by atoms with Crippen molar-refractivity contribution in [3.05, 3.63) is 82.4 Å². The first-order valence-corrected chi connectivity index (χ1v) is 10.8. The lowest BCUT2D eigenvalue weighted by molar-refractivity contribution is 0.309. The lowest BCUT2D eigenvalue weighted by Gasteiger charge is -2.09. The van der Waals surface area contributed by atoms with Crippen LogP contribution in [0.3, 0.4) is 0 Å². The molecule has 1 aromatic heterocycles. The summed E-state index contributed by atoms with van der Waals surface area (Å²) in [5, 5.41) is 10.4. The molecule has 0 atom stereocenters. The van der Waals surface area contributed by atoms with E-state index in [0.717, 1.165) is 23.0 Å². The molecule has 0 saturated heterocycles. The molecule has 0 saturated carbocycles. The van der Waals surface area contributed by atoms with Crippen LogP contribution in [-0.4, -0.2) is 21.4 Å². The van der Waals surface area contributed by atoms with Crippen LogP contribution in [0, 0.1) is 5.82 Å². The Bertz CT molecular complexity index is 980. The third-order valence-electron chi connectivity index (χ3n) is 4.06. The van der Waals surface area contributed by atoms with E-state index in [4.69, 9.17) is 27.9 Å². The van der Waals surface area contributed by atoms with Crippen LogP contribution in [-0.2, 0) is 18.7 Å². The van der Waals surface area contributed by atoms with E-state index in [-0.39, 0.29) is 5.82 Å². The fraction of sp³-hybridized carbons (Fsp3) is 0.238. The van der Waals surface area contributed by atoms with Crippen molar-refractivity contribution in [3.63, 3.8) is 0 Å². The first-order chi connectivity index (χ1) is 14.1. The number of allylic oxidation sites excluding steroid dienone is 1. The molecule has 0 N–H and O–H groups in total. The quantitative estimate of drug-likeness (QED) is 0.208. The summed E-state index contributed by atoms with van der Waals surface area (Å²) < 4.78 is 21.1. The number of rotatable bonds is 10. The molecule has 8 heteroatoms. The predicted octanol–water partition coefficient (Wildman–Crippen LogP) is 6.21. The maximum Gasteiger partial charge on any atom is 0.191 e. The Morgan fingerprint density at radius 3 is 2.79 bits per heavy atom. The second-order valence-corrected chi connectivity index (χ2v) is 8.03. The Labute approximate surface area is 183 Å². The minimum absolute atomic E-state index is 0.239. The fourth-order valence-corrected chi connectivity index (χ4v) is 4.08. The highest BCUT2D eigenvalue weighted by atomic mass is 35.5. The average Bonchev–Trinajstić information content (AvgIpc) is 3.07. The van der Waals surface area contributed by atoms with Crippen LogP contribution in [0.4, 0.5) is 4.39 Å². The molecule has 3 aromatic rings. The van der Waals surface area contributed by atoms with E-state index in [2.05, 4.69) is 16.8 Å². The molecule has 29 heavy (non-hydrogen) atoms. The molecule has 0 aliphatic carbocycles. The molecule has 0 radical (unpaired) electrons. The van der Waals surface area contributed by atoms with Gasteiger partial charge in [-0.25, -0.2) is 4.39 Å². The van der Waals surface area contributed by atoms with Crippen molar-refractivity contribution in [2.45, 2.75) is 30.3 Å². The van der Waals surface area contributed by atoms with E-state index < -0.39 is 0 Å². The Hall–Kier alpha value is -2.02. The van der Waals surface area contributed by atoms with Gasteiger partial charge in [-0.15, -0.1) is 16.8 Å². The summed E-state index contributed by atoms with van der Waals surface area (Å²) >= 11 is 13.5. The van der Waals surface area contributed by atoms with E-state index in [1.165, 1.54) is 23.9 Å². The van der Waals surface area contributed by atoms with E-state index in [1.807, 2.05) is 16.7 Å². The topological polar surface area (TPSA) is 39.9 Å². The number of ether oxygens (including phenoxy) is 1. The number of aryl methyl sites for hydroxylation is 1. The third-order valence-corrected chi connectivity index (χ3v) is 5.63. The summed E-state index contributed by atoms with van der Waals surface area (Å²) in [6, 6.07) is 11.7.